The van der Waals surface area contributed by atoms with Crippen molar-refractivity contribution < 1.29 is 0 Å². The minimum absolute atomic E-state index is 0.331. The highest BCUT2D eigenvalue weighted by Crippen LogP contribution is 2.37. The molecule has 0 saturated carbocycles. The van der Waals surface area contributed by atoms with Crippen molar-refractivity contribution in [3.63, 3.8) is 0 Å². The molecule has 1 aromatic rings. The van der Waals surface area contributed by atoms with E-state index >= 15 is 0 Å². The van der Waals surface area contributed by atoms with Crippen molar-refractivity contribution >= 4 is 0 Å². The summed E-state index contributed by atoms with van der Waals surface area (Å²) in [7, 11) is 4.29. The maximum absolute atomic E-state index is 2.33. The van der Waals surface area contributed by atoms with E-state index in [0.29, 0.717) is 11.3 Å². The van der Waals surface area contributed by atoms with Gasteiger partial charge in [-0.05, 0) is 44.0 Å². The van der Waals surface area contributed by atoms with Crippen LogP contribution in [0.4, 0.5) is 0 Å². The number of hydrogen-bond acceptors (Lipinski definition) is 1. The average Bonchev–Trinajstić information content (AvgIpc) is 2.17. The van der Waals surface area contributed by atoms with Crippen LogP contribution in [0.1, 0.15) is 38.7 Å². The summed E-state index contributed by atoms with van der Waals surface area (Å²) in [5, 5.41) is 0. The number of rotatable bonds is 4. The monoisotopic (exact) mass is 219 g/mol. The zero-order valence-corrected chi connectivity index (χ0v) is 11.3. The van der Waals surface area contributed by atoms with Gasteiger partial charge in [-0.15, -0.1) is 0 Å². The molecule has 0 aliphatic heterocycles. The van der Waals surface area contributed by atoms with Gasteiger partial charge in [0.2, 0.25) is 0 Å². The lowest BCUT2D eigenvalue weighted by molar-refractivity contribution is 0.273. The van der Waals surface area contributed by atoms with E-state index in [9.17, 15) is 0 Å². The Hall–Kier alpha value is -0.820. The number of benzene rings is 1. The summed E-state index contributed by atoms with van der Waals surface area (Å²) in [6.07, 6.45) is 1.22. The number of nitrogens with zero attached hydrogens (tertiary/aromatic N) is 1. The van der Waals surface area contributed by atoms with Crippen LogP contribution >= 0.6 is 0 Å². The van der Waals surface area contributed by atoms with E-state index in [1.54, 1.807) is 0 Å². The first-order chi connectivity index (χ1) is 7.41. The van der Waals surface area contributed by atoms with Gasteiger partial charge in [0, 0.05) is 0 Å². The predicted molar refractivity (Wildman–Crippen MR) is 71.8 cm³/mol. The first-order valence-corrected chi connectivity index (χ1v) is 6.11. The summed E-state index contributed by atoms with van der Waals surface area (Å²) >= 11 is 0. The van der Waals surface area contributed by atoms with Crippen molar-refractivity contribution in [3.8, 4) is 0 Å². The third kappa shape index (κ3) is 3.97. The van der Waals surface area contributed by atoms with Gasteiger partial charge in [-0.3, -0.25) is 0 Å². The van der Waals surface area contributed by atoms with Gasteiger partial charge in [0.1, 0.15) is 0 Å². The van der Waals surface area contributed by atoms with Gasteiger partial charge in [-0.2, -0.15) is 0 Å². The van der Waals surface area contributed by atoms with Crippen LogP contribution in [0.3, 0.4) is 0 Å². The van der Waals surface area contributed by atoms with Crippen LogP contribution < -0.4 is 0 Å². The zero-order valence-electron chi connectivity index (χ0n) is 11.3. The van der Waals surface area contributed by atoms with E-state index in [2.05, 4.69) is 70.1 Å². The Bertz CT molecular complexity index is 295. The van der Waals surface area contributed by atoms with Crippen LogP contribution in [0.15, 0.2) is 30.3 Å². The molecule has 0 saturated heterocycles. The Balaban J connectivity index is 2.81. The first-order valence-electron chi connectivity index (χ1n) is 6.11. The number of hydrogen-bond donors (Lipinski definition) is 0. The fourth-order valence-electron chi connectivity index (χ4n) is 2.17. The van der Waals surface area contributed by atoms with E-state index in [0.717, 1.165) is 6.54 Å². The third-order valence-corrected chi connectivity index (χ3v) is 3.11. The summed E-state index contributed by atoms with van der Waals surface area (Å²) in [4.78, 5) is 2.27. The molecule has 16 heavy (non-hydrogen) atoms. The quantitative estimate of drug-likeness (QED) is 0.745. The molecular formula is C15H25N. The predicted octanol–water partition coefficient (Wildman–Crippen LogP) is 3.77. The minimum atomic E-state index is 0.331. The minimum Gasteiger partial charge on any atom is -0.309 e. The van der Waals surface area contributed by atoms with Crippen molar-refractivity contribution in [2.45, 2.75) is 33.1 Å². The van der Waals surface area contributed by atoms with Gasteiger partial charge in [-0.1, -0.05) is 51.1 Å². The van der Waals surface area contributed by atoms with Crippen molar-refractivity contribution in [3.05, 3.63) is 35.9 Å². The second-order valence-corrected chi connectivity index (χ2v) is 5.92. The highest BCUT2D eigenvalue weighted by molar-refractivity contribution is 5.21. The molecule has 1 aromatic carbocycles. The summed E-state index contributed by atoms with van der Waals surface area (Å²) in [6, 6.07) is 10.9. The normalized spacial score (nSPS) is 14.1. The standard InChI is InChI=1S/C15H25N/c1-15(2,3)14(11-12-16(4)5)13-9-7-6-8-10-13/h6-10,14H,11-12H2,1-5H3/t14-/m0/s1. The van der Waals surface area contributed by atoms with Gasteiger partial charge in [0.05, 0.1) is 0 Å². The smallest absolute Gasteiger partial charge is 0.00188 e. The van der Waals surface area contributed by atoms with E-state index in [4.69, 9.17) is 0 Å². The van der Waals surface area contributed by atoms with E-state index < -0.39 is 0 Å². The molecule has 0 spiro atoms. The van der Waals surface area contributed by atoms with E-state index in [1.165, 1.54) is 12.0 Å². The van der Waals surface area contributed by atoms with Crippen LogP contribution in [0, 0.1) is 5.41 Å². The summed E-state index contributed by atoms with van der Waals surface area (Å²) in [5.41, 5.74) is 1.80. The van der Waals surface area contributed by atoms with Gasteiger partial charge >= 0.3 is 0 Å². The Kier molecular flexibility index (Phi) is 4.55. The van der Waals surface area contributed by atoms with Crippen molar-refractivity contribution in [1.82, 2.24) is 4.90 Å². The fourth-order valence-corrected chi connectivity index (χ4v) is 2.17. The molecule has 0 amide bonds. The van der Waals surface area contributed by atoms with E-state index in [1.807, 2.05) is 0 Å². The van der Waals surface area contributed by atoms with Crippen molar-refractivity contribution in [1.29, 1.82) is 0 Å². The second kappa shape index (κ2) is 5.49. The summed E-state index contributed by atoms with van der Waals surface area (Å²) < 4.78 is 0. The SMILES string of the molecule is CN(C)CC[C@@H](c1ccccc1)C(C)(C)C. The zero-order chi connectivity index (χ0) is 12.2. The molecule has 0 unspecified atom stereocenters. The fraction of sp³-hybridized carbons (Fsp3) is 0.600. The lowest BCUT2D eigenvalue weighted by atomic mass is 9.74. The van der Waals surface area contributed by atoms with Crippen LogP contribution in [0.2, 0.25) is 0 Å². The molecule has 0 radical (unpaired) electrons. The maximum Gasteiger partial charge on any atom is -0.00188 e. The van der Waals surface area contributed by atoms with Crippen LogP contribution in [-0.4, -0.2) is 25.5 Å². The summed E-state index contributed by atoms with van der Waals surface area (Å²) in [5.74, 6) is 0.635. The molecule has 1 nitrogen and oxygen atoms in total. The van der Waals surface area contributed by atoms with Crippen LogP contribution in [0.5, 0.6) is 0 Å². The molecule has 1 atom stereocenters. The Morgan fingerprint density at radius 3 is 2.06 bits per heavy atom. The first kappa shape index (κ1) is 13.2. The molecule has 0 aliphatic carbocycles. The van der Waals surface area contributed by atoms with Crippen LogP contribution in [0.25, 0.3) is 0 Å². The molecule has 0 fully saturated rings. The molecule has 0 heterocycles. The molecular weight excluding hydrogens is 194 g/mol. The average molecular weight is 219 g/mol. The van der Waals surface area contributed by atoms with Crippen molar-refractivity contribution in [2.75, 3.05) is 20.6 Å². The van der Waals surface area contributed by atoms with Gasteiger partial charge < -0.3 is 4.90 Å². The van der Waals surface area contributed by atoms with Gasteiger partial charge in [0.25, 0.3) is 0 Å². The second-order valence-electron chi connectivity index (χ2n) is 5.92. The molecule has 0 N–H and O–H groups in total. The van der Waals surface area contributed by atoms with Gasteiger partial charge in [-0.25, -0.2) is 0 Å². The lowest BCUT2D eigenvalue weighted by Gasteiger charge is -2.32. The van der Waals surface area contributed by atoms with Crippen molar-refractivity contribution in [2.24, 2.45) is 5.41 Å². The highest BCUT2D eigenvalue weighted by Gasteiger charge is 2.25. The molecule has 90 valence electrons. The van der Waals surface area contributed by atoms with Crippen LogP contribution in [-0.2, 0) is 0 Å². The molecule has 0 aromatic heterocycles. The molecule has 0 aliphatic rings. The Morgan fingerprint density at radius 1 is 1.06 bits per heavy atom. The third-order valence-electron chi connectivity index (χ3n) is 3.11. The largest absolute Gasteiger partial charge is 0.309 e. The lowest BCUT2D eigenvalue weighted by Crippen LogP contribution is -2.23. The molecule has 0 bridgehead atoms. The maximum atomic E-state index is 2.33. The Labute approximate surface area is 100 Å². The Morgan fingerprint density at radius 2 is 1.62 bits per heavy atom. The van der Waals surface area contributed by atoms with E-state index in [-0.39, 0.29) is 0 Å². The molecule has 1 heteroatoms. The highest BCUT2D eigenvalue weighted by atomic mass is 15.0. The van der Waals surface area contributed by atoms with Gasteiger partial charge in [0.15, 0.2) is 0 Å². The topological polar surface area (TPSA) is 3.24 Å². The molecule has 1 rings (SSSR count). The summed E-state index contributed by atoms with van der Waals surface area (Å²) in [6.45, 7) is 8.15.